The van der Waals surface area contributed by atoms with Crippen LogP contribution in [0.25, 0.3) is 111 Å². The summed E-state index contributed by atoms with van der Waals surface area (Å²) in [5.41, 5.74) is 14.2. The molecule has 0 bridgehead atoms. The number of rotatable bonds is 6. The Balaban J connectivity index is 1.03. The first-order valence-electron chi connectivity index (χ1n) is 20.4. The van der Waals surface area contributed by atoms with Crippen molar-refractivity contribution in [1.82, 2.24) is 19.1 Å². The van der Waals surface area contributed by atoms with Gasteiger partial charge in [-0.25, -0.2) is 9.97 Å². The zero-order chi connectivity index (χ0) is 39.6. The van der Waals surface area contributed by atoms with Crippen LogP contribution in [0, 0.1) is 0 Å². The molecular weight excluding hydrogens is 729 g/mol. The normalized spacial score (nSPS) is 11.7. The Hall–Kier alpha value is -8.08. The highest BCUT2D eigenvalue weighted by atomic mass is 15.0. The Morgan fingerprint density at radius 1 is 0.267 bits per heavy atom. The van der Waals surface area contributed by atoms with Gasteiger partial charge in [-0.15, -0.1) is 0 Å². The lowest BCUT2D eigenvalue weighted by atomic mass is 9.94. The van der Waals surface area contributed by atoms with Crippen LogP contribution in [0.5, 0.6) is 0 Å². The Kier molecular flexibility index (Phi) is 7.82. The van der Waals surface area contributed by atoms with E-state index in [9.17, 15) is 0 Å². The maximum Gasteiger partial charge on any atom is 0.161 e. The molecule has 0 fully saturated rings. The van der Waals surface area contributed by atoms with E-state index in [1.165, 1.54) is 38.1 Å². The van der Waals surface area contributed by atoms with Gasteiger partial charge in [-0.1, -0.05) is 170 Å². The number of hydrogen-bond acceptors (Lipinski definition) is 2. The summed E-state index contributed by atoms with van der Waals surface area (Å²) in [7, 11) is 0. The van der Waals surface area contributed by atoms with Crippen molar-refractivity contribution in [1.29, 1.82) is 0 Å². The molecule has 4 nitrogen and oxygen atoms in total. The molecular formula is C56H36N4. The van der Waals surface area contributed by atoms with E-state index in [1.807, 2.05) is 12.1 Å². The van der Waals surface area contributed by atoms with Gasteiger partial charge in [-0.3, -0.25) is 0 Å². The summed E-state index contributed by atoms with van der Waals surface area (Å²) < 4.78 is 4.82. The number of para-hydroxylation sites is 3. The molecule has 0 N–H and O–H groups in total. The van der Waals surface area contributed by atoms with Crippen LogP contribution in [0.3, 0.4) is 0 Å². The minimum absolute atomic E-state index is 0.705. The average Bonchev–Trinajstić information content (AvgIpc) is 3.84. The molecule has 9 aromatic carbocycles. The second kappa shape index (κ2) is 13.8. The highest BCUT2D eigenvalue weighted by Crippen LogP contribution is 2.40. The van der Waals surface area contributed by atoms with Gasteiger partial charge in [-0.2, -0.15) is 0 Å². The van der Waals surface area contributed by atoms with Gasteiger partial charge in [-0.05, 0) is 70.4 Å². The van der Waals surface area contributed by atoms with Crippen LogP contribution >= 0.6 is 0 Å². The first-order valence-corrected chi connectivity index (χ1v) is 20.4. The zero-order valence-corrected chi connectivity index (χ0v) is 32.6. The summed E-state index contributed by atoms with van der Waals surface area (Å²) in [6, 6.07) is 78.0. The largest absolute Gasteiger partial charge is 0.309 e. The van der Waals surface area contributed by atoms with Gasteiger partial charge < -0.3 is 9.13 Å². The van der Waals surface area contributed by atoms with Crippen molar-refractivity contribution >= 4 is 54.4 Å². The molecule has 0 atom stereocenters. The predicted molar refractivity (Wildman–Crippen MR) is 250 cm³/mol. The fourth-order valence-electron chi connectivity index (χ4n) is 9.23. The molecule has 0 aliphatic rings. The molecule has 280 valence electrons. The highest BCUT2D eigenvalue weighted by molar-refractivity contribution is 6.12. The molecule has 0 unspecified atom stereocenters. The Labute approximate surface area is 346 Å². The van der Waals surface area contributed by atoms with Crippen LogP contribution in [0.1, 0.15) is 0 Å². The molecule has 3 heterocycles. The monoisotopic (exact) mass is 764 g/mol. The molecule has 3 aromatic heterocycles. The summed E-state index contributed by atoms with van der Waals surface area (Å²) in [4.78, 5) is 10.4. The second-order valence-electron chi connectivity index (χ2n) is 15.4. The van der Waals surface area contributed by atoms with E-state index >= 15 is 0 Å². The molecule has 0 radical (unpaired) electrons. The van der Waals surface area contributed by atoms with E-state index < -0.39 is 0 Å². The fraction of sp³-hybridized carbons (Fsp3) is 0. The van der Waals surface area contributed by atoms with Gasteiger partial charge in [0.15, 0.2) is 5.82 Å². The van der Waals surface area contributed by atoms with Crippen molar-refractivity contribution in [2.45, 2.75) is 0 Å². The van der Waals surface area contributed by atoms with Gasteiger partial charge in [0.05, 0.1) is 33.5 Å². The molecule has 0 aliphatic heterocycles. The van der Waals surface area contributed by atoms with Crippen molar-refractivity contribution < 1.29 is 0 Å². The third-order valence-corrected chi connectivity index (χ3v) is 11.9. The van der Waals surface area contributed by atoms with Crippen molar-refractivity contribution in [3.63, 3.8) is 0 Å². The molecule has 12 rings (SSSR count). The zero-order valence-electron chi connectivity index (χ0n) is 32.6. The van der Waals surface area contributed by atoms with E-state index in [0.29, 0.717) is 5.82 Å². The van der Waals surface area contributed by atoms with Gasteiger partial charge in [0, 0.05) is 49.6 Å². The lowest BCUT2D eigenvalue weighted by molar-refractivity contribution is 1.13. The van der Waals surface area contributed by atoms with Crippen LogP contribution in [0.2, 0.25) is 0 Å². The molecule has 60 heavy (non-hydrogen) atoms. The molecule has 0 saturated heterocycles. The number of fused-ring (bicyclic) bond motifs is 7. The highest BCUT2D eigenvalue weighted by Gasteiger charge is 2.18. The van der Waals surface area contributed by atoms with Gasteiger partial charge in [0.1, 0.15) is 0 Å². The minimum atomic E-state index is 0.705. The van der Waals surface area contributed by atoms with E-state index in [2.05, 4.69) is 215 Å². The van der Waals surface area contributed by atoms with Gasteiger partial charge in [0.25, 0.3) is 0 Å². The van der Waals surface area contributed by atoms with Crippen LogP contribution in [0.4, 0.5) is 0 Å². The van der Waals surface area contributed by atoms with E-state index in [-0.39, 0.29) is 0 Å². The Bertz CT molecular complexity index is 3490. The lowest BCUT2D eigenvalue weighted by Gasteiger charge is -2.14. The molecule has 12 aromatic rings. The van der Waals surface area contributed by atoms with E-state index in [0.717, 1.165) is 66.9 Å². The third kappa shape index (κ3) is 5.46. The summed E-state index contributed by atoms with van der Waals surface area (Å²) in [5.74, 6) is 0.705. The first kappa shape index (κ1) is 34.0. The smallest absolute Gasteiger partial charge is 0.161 e. The number of nitrogens with zero attached hydrogens (tertiary/aromatic N) is 4. The second-order valence-corrected chi connectivity index (χ2v) is 15.4. The lowest BCUT2D eigenvalue weighted by Crippen LogP contribution is -1.98. The van der Waals surface area contributed by atoms with Gasteiger partial charge in [0.2, 0.25) is 0 Å². The molecule has 0 aliphatic carbocycles. The number of aromatic nitrogens is 4. The van der Waals surface area contributed by atoms with Crippen molar-refractivity contribution in [3.05, 3.63) is 218 Å². The maximum atomic E-state index is 5.21. The number of benzene rings is 9. The average molecular weight is 765 g/mol. The van der Waals surface area contributed by atoms with Gasteiger partial charge >= 0.3 is 0 Å². The Morgan fingerprint density at radius 2 is 0.700 bits per heavy atom. The summed E-state index contributed by atoms with van der Waals surface area (Å²) in [5, 5.41) is 7.22. The summed E-state index contributed by atoms with van der Waals surface area (Å²) in [6.07, 6.45) is 0. The molecule has 4 heteroatoms. The van der Waals surface area contributed by atoms with Crippen molar-refractivity contribution in [3.8, 4) is 56.4 Å². The van der Waals surface area contributed by atoms with Crippen LogP contribution in [-0.2, 0) is 0 Å². The topological polar surface area (TPSA) is 35.6 Å². The molecule has 0 saturated carbocycles. The van der Waals surface area contributed by atoms with Crippen LogP contribution < -0.4 is 0 Å². The Morgan fingerprint density at radius 3 is 1.27 bits per heavy atom. The fourth-order valence-corrected chi connectivity index (χ4v) is 9.23. The quantitative estimate of drug-likeness (QED) is 0.169. The number of hydrogen-bond donors (Lipinski definition) is 0. The maximum absolute atomic E-state index is 5.21. The minimum Gasteiger partial charge on any atom is -0.309 e. The first-order chi connectivity index (χ1) is 29.8. The standard InChI is InChI=1S/C56H36N4/c1-3-16-37(17-4-1)50-36-51(38-18-5-2-6-19-38)58-56(57-50)49-28-15-26-43-42(25-14-27-44(43)49)39-32-33-48-47-24-9-12-31-54(47)60(55(48)34-39)41-21-13-20-40(35-41)59-52-29-10-7-22-45(52)46-23-8-11-30-53(46)59/h1-36H. The van der Waals surface area contributed by atoms with Crippen molar-refractivity contribution in [2.24, 2.45) is 0 Å². The third-order valence-electron chi connectivity index (χ3n) is 11.9. The predicted octanol–water partition coefficient (Wildman–Crippen LogP) is 14.5. The molecule has 0 amide bonds. The van der Waals surface area contributed by atoms with E-state index in [1.54, 1.807) is 0 Å². The summed E-state index contributed by atoms with van der Waals surface area (Å²) in [6.45, 7) is 0. The van der Waals surface area contributed by atoms with Crippen LogP contribution in [0.15, 0.2) is 218 Å². The summed E-state index contributed by atoms with van der Waals surface area (Å²) >= 11 is 0. The molecule has 0 spiro atoms. The van der Waals surface area contributed by atoms with Crippen molar-refractivity contribution in [2.75, 3.05) is 0 Å². The SMILES string of the molecule is c1ccc(-c2cc(-c3ccccc3)nc(-c3cccc4c(-c5ccc6c7ccccc7n(-c7cccc(-n8c9ccccc9c9ccccc98)c7)c6c5)cccc34)n2)cc1. The van der Waals surface area contributed by atoms with E-state index in [4.69, 9.17) is 9.97 Å². The van der Waals surface area contributed by atoms with Crippen LogP contribution in [-0.4, -0.2) is 19.1 Å².